The first-order valence-electron chi connectivity index (χ1n) is 7.70. The van der Waals surface area contributed by atoms with Crippen molar-refractivity contribution in [2.24, 2.45) is 0 Å². The number of halogens is 3. The lowest BCUT2D eigenvalue weighted by atomic mass is 10.1. The molecular formula is C17H13F3N4O2S. The van der Waals surface area contributed by atoms with Crippen LogP contribution in [-0.4, -0.2) is 20.7 Å². The smallest absolute Gasteiger partial charge is 0.310 e. The Morgan fingerprint density at radius 3 is 2.44 bits per heavy atom. The fourth-order valence-electron chi connectivity index (χ4n) is 2.30. The van der Waals surface area contributed by atoms with E-state index in [0.717, 1.165) is 12.1 Å². The second kappa shape index (κ2) is 7.31. The second-order valence-corrected chi connectivity index (χ2v) is 6.84. The van der Waals surface area contributed by atoms with Crippen molar-refractivity contribution >= 4 is 22.4 Å². The van der Waals surface area contributed by atoms with E-state index in [1.54, 1.807) is 6.92 Å². The maximum Gasteiger partial charge on any atom is 0.416 e. The van der Waals surface area contributed by atoms with Gasteiger partial charge in [0.05, 0.1) is 17.7 Å². The zero-order valence-corrected chi connectivity index (χ0v) is 14.8. The molecule has 2 heterocycles. The minimum absolute atomic E-state index is 0.0377. The van der Waals surface area contributed by atoms with Crippen LogP contribution < -0.4 is 10.9 Å². The van der Waals surface area contributed by atoms with Gasteiger partial charge in [-0.25, -0.2) is 0 Å². The van der Waals surface area contributed by atoms with Crippen molar-refractivity contribution in [2.45, 2.75) is 19.6 Å². The minimum Gasteiger partial charge on any atom is -0.310 e. The maximum atomic E-state index is 12.6. The number of aromatic nitrogens is 3. The third-order valence-electron chi connectivity index (χ3n) is 3.63. The lowest BCUT2D eigenvalue weighted by molar-refractivity contribution is -0.137. The van der Waals surface area contributed by atoms with E-state index in [-0.39, 0.29) is 17.7 Å². The molecule has 3 rings (SSSR count). The normalized spacial score (nSPS) is 11.4. The summed E-state index contributed by atoms with van der Waals surface area (Å²) in [5.74, 6) is -0.465. The summed E-state index contributed by atoms with van der Waals surface area (Å²) in [6, 6.07) is 7.10. The second-order valence-electron chi connectivity index (χ2n) is 5.66. The summed E-state index contributed by atoms with van der Waals surface area (Å²) in [5.41, 5.74) is -0.422. The number of alkyl halides is 3. The molecule has 1 aromatic carbocycles. The number of pyridine rings is 1. The number of nitrogens with zero attached hydrogens (tertiary/aromatic N) is 3. The highest BCUT2D eigenvalue weighted by Crippen LogP contribution is 2.29. The van der Waals surface area contributed by atoms with Crippen LogP contribution in [0.25, 0.3) is 0 Å². The molecule has 2 aromatic heterocycles. The van der Waals surface area contributed by atoms with Gasteiger partial charge in [0.1, 0.15) is 5.01 Å². The zero-order chi connectivity index (χ0) is 19.6. The van der Waals surface area contributed by atoms with Crippen molar-refractivity contribution in [2.75, 3.05) is 5.32 Å². The molecule has 6 nitrogen and oxygen atoms in total. The van der Waals surface area contributed by atoms with Gasteiger partial charge in [0.2, 0.25) is 5.13 Å². The van der Waals surface area contributed by atoms with Crippen LogP contribution >= 0.6 is 11.3 Å². The van der Waals surface area contributed by atoms with Gasteiger partial charge >= 0.3 is 6.18 Å². The number of hydrogen-bond acceptors (Lipinski definition) is 5. The maximum absolute atomic E-state index is 12.6. The Morgan fingerprint density at radius 2 is 1.85 bits per heavy atom. The summed E-state index contributed by atoms with van der Waals surface area (Å²) in [6.45, 7) is 1.79. The molecule has 1 N–H and O–H groups in total. The van der Waals surface area contributed by atoms with Crippen LogP contribution in [0.2, 0.25) is 0 Å². The summed E-state index contributed by atoms with van der Waals surface area (Å²) in [7, 11) is 0. The topological polar surface area (TPSA) is 76.9 Å². The van der Waals surface area contributed by atoms with Gasteiger partial charge in [-0.05, 0) is 30.7 Å². The molecule has 0 bridgehead atoms. The van der Waals surface area contributed by atoms with Crippen molar-refractivity contribution in [3.63, 3.8) is 0 Å². The number of carbonyl (C=O) groups excluding carboxylic acids is 1. The summed E-state index contributed by atoms with van der Waals surface area (Å²) >= 11 is 1.21. The number of aryl methyl sites for hydroxylation is 1. The van der Waals surface area contributed by atoms with E-state index in [4.69, 9.17) is 0 Å². The first kappa shape index (κ1) is 18.8. The standard InChI is InChI=1S/C17H13F3N4O2S/c1-10-22-23-16(27-10)21-15(26)12-4-7-14(25)24(9-12)8-11-2-5-13(6-3-11)17(18,19)20/h2-7,9H,8H2,1H3,(H,21,23,26). The Labute approximate surface area is 155 Å². The molecule has 140 valence electrons. The van der Waals surface area contributed by atoms with Gasteiger partial charge in [0.25, 0.3) is 11.5 Å². The fraction of sp³-hybridized carbons (Fsp3) is 0.176. The van der Waals surface area contributed by atoms with Gasteiger partial charge in [0.15, 0.2) is 0 Å². The molecule has 3 aromatic rings. The number of amides is 1. The highest BCUT2D eigenvalue weighted by atomic mass is 32.1. The number of rotatable bonds is 4. The average molecular weight is 394 g/mol. The molecule has 0 radical (unpaired) electrons. The first-order chi connectivity index (χ1) is 12.7. The quantitative estimate of drug-likeness (QED) is 0.737. The number of anilines is 1. The van der Waals surface area contributed by atoms with E-state index in [0.29, 0.717) is 15.7 Å². The zero-order valence-electron chi connectivity index (χ0n) is 13.9. The van der Waals surface area contributed by atoms with Gasteiger partial charge in [-0.15, -0.1) is 10.2 Å². The highest BCUT2D eigenvalue weighted by molar-refractivity contribution is 7.15. The van der Waals surface area contributed by atoms with Crippen molar-refractivity contribution in [1.29, 1.82) is 0 Å². The molecule has 0 saturated heterocycles. The number of carbonyl (C=O) groups is 1. The Kier molecular flexibility index (Phi) is 5.08. The summed E-state index contributed by atoms with van der Waals surface area (Å²) in [5, 5.41) is 11.2. The molecule has 0 spiro atoms. The number of hydrogen-bond donors (Lipinski definition) is 1. The minimum atomic E-state index is -4.42. The molecule has 0 aliphatic rings. The van der Waals surface area contributed by atoms with E-state index < -0.39 is 17.6 Å². The molecule has 0 fully saturated rings. The van der Waals surface area contributed by atoms with E-state index in [2.05, 4.69) is 15.5 Å². The summed E-state index contributed by atoms with van der Waals surface area (Å²) in [4.78, 5) is 24.3. The predicted molar refractivity (Wildman–Crippen MR) is 93.8 cm³/mol. The Morgan fingerprint density at radius 1 is 1.15 bits per heavy atom. The van der Waals surface area contributed by atoms with E-state index in [1.807, 2.05) is 0 Å². The third-order valence-corrected chi connectivity index (χ3v) is 4.38. The van der Waals surface area contributed by atoms with Crippen molar-refractivity contribution < 1.29 is 18.0 Å². The molecule has 10 heteroatoms. The Bertz CT molecular complexity index is 1030. The molecule has 0 saturated carbocycles. The van der Waals surface area contributed by atoms with Crippen LogP contribution in [0, 0.1) is 6.92 Å². The van der Waals surface area contributed by atoms with Gasteiger partial charge in [-0.3, -0.25) is 14.9 Å². The van der Waals surface area contributed by atoms with Crippen LogP contribution in [0.4, 0.5) is 18.3 Å². The molecule has 27 heavy (non-hydrogen) atoms. The summed E-state index contributed by atoms with van der Waals surface area (Å²) < 4.78 is 39.1. The molecule has 0 aliphatic heterocycles. The first-order valence-corrected chi connectivity index (χ1v) is 8.52. The van der Waals surface area contributed by atoms with Crippen LogP contribution in [-0.2, 0) is 12.7 Å². The Balaban J connectivity index is 1.79. The largest absolute Gasteiger partial charge is 0.416 e. The molecular weight excluding hydrogens is 381 g/mol. The predicted octanol–water partition coefficient (Wildman–Crippen LogP) is 3.33. The van der Waals surface area contributed by atoms with Gasteiger partial charge in [-0.2, -0.15) is 13.2 Å². The SMILES string of the molecule is Cc1nnc(NC(=O)c2ccc(=O)n(Cc3ccc(C(F)(F)F)cc3)c2)s1. The van der Waals surface area contributed by atoms with Crippen LogP contribution in [0.5, 0.6) is 0 Å². The molecule has 1 amide bonds. The van der Waals surface area contributed by atoms with Gasteiger partial charge < -0.3 is 4.57 Å². The average Bonchev–Trinajstić information content (AvgIpc) is 3.01. The number of benzene rings is 1. The van der Waals surface area contributed by atoms with E-state index in [9.17, 15) is 22.8 Å². The summed E-state index contributed by atoms with van der Waals surface area (Å²) in [6.07, 6.45) is -3.07. The third kappa shape index (κ3) is 4.59. The van der Waals surface area contributed by atoms with Gasteiger partial charge in [-0.1, -0.05) is 23.5 Å². The Hall–Kier alpha value is -3.01. The lowest BCUT2D eigenvalue weighted by Crippen LogP contribution is -2.22. The van der Waals surface area contributed by atoms with E-state index >= 15 is 0 Å². The highest BCUT2D eigenvalue weighted by Gasteiger charge is 2.29. The van der Waals surface area contributed by atoms with E-state index in [1.165, 1.54) is 46.4 Å². The van der Waals surface area contributed by atoms with Crippen molar-refractivity contribution in [3.8, 4) is 0 Å². The van der Waals surface area contributed by atoms with Gasteiger partial charge in [0, 0.05) is 12.3 Å². The van der Waals surface area contributed by atoms with Crippen LogP contribution in [0.1, 0.15) is 26.5 Å². The lowest BCUT2D eigenvalue weighted by Gasteiger charge is -2.10. The van der Waals surface area contributed by atoms with Crippen molar-refractivity contribution in [1.82, 2.24) is 14.8 Å². The number of nitrogens with one attached hydrogen (secondary N) is 1. The molecule has 0 unspecified atom stereocenters. The van der Waals surface area contributed by atoms with Crippen LogP contribution in [0.15, 0.2) is 47.4 Å². The molecule has 0 atom stereocenters. The fourth-order valence-corrected chi connectivity index (χ4v) is 2.89. The van der Waals surface area contributed by atoms with Crippen molar-refractivity contribution in [3.05, 3.63) is 74.6 Å². The van der Waals surface area contributed by atoms with Crippen LogP contribution in [0.3, 0.4) is 0 Å². The molecule has 0 aliphatic carbocycles. The monoisotopic (exact) mass is 394 g/mol.